The first-order chi connectivity index (χ1) is 11.7. The second-order valence-electron chi connectivity index (χ2n) is 4.68. The first-order valence-corrected chi connectivity index (χ1v) is 7.36. The molecule has 0 unspecified atom stereocenters. The van der Waals surface area contributed by atoms with E-state index in [2.05, 4.69) is 5.32 Å². The van der Waals surface area contributed by atoms with Gasteiger partial charge in [0.05, 0.1) is 27.5 Å². The van der Waals surface area contributed by atoms with Crippen LogP contribution in [0.5, 0.6) is 0 Å². The molecule has 25 heavy (non-hydrogen) atoms. The largest absolute Gasteiger partial charge is 0.320 e. The van der Waals surface area contributed by atoms with Crippen LogP contribution in [-0.4, -0.2) is 16.9 Å². The van der Waals surface area contributed by atoms with E-state index in [0.29, 0.717) is 22.0 Å². The van der Waals surface area contributed by atoms with Crippen molar-refractivity contribution in [2.75, 3.05) is 5.32 Å². The first kappa shape index (κ1) is 18.6. The number of amides is 1. The van der Waals surface area contributed by atoms with Crippen LogP contribution in [0.2, 0.25) is 0 Å². The lowest BCUT2D eigenvalue weighted by Crippen LogP contribution is -2.26. The van der Waals surface area contributed by atoms with Crippen LogP contribution in [0.1, 0.15) is 26.5 Å². The zero-order valence-corrected chi connectivity index (χ0v) is 12.9. The second kappa shape index (κ2) is 7.43. The van der Waals surface area contributed by atoms with E-state index in [-0.39, 0.29) is 16.1 Å². The smallest absolute Gasteiger partial charge is 0.286 e. The van der Waals surface area contributed by atoms with Gasteiger partial charge in [0.15, 0.2) is 5.82 Å². The quantitative estimate of drug-likeness (QED) is 0.812. The summed E-state index contributed by atoms with van der Waals surface area (Å²) in [5, 5.41) is 10.9. The molecule has 2 aromatic heterocycles. The van der Waals surface area contributed by atoms with Crippen molar-refractivity contribution in [3.63, 3.8) is 0 Å². The number of carbonyl (C=O) groups excluding carboxylic acids is 1. The molecule has 2 aromatic rings. The molecule has 0 aliphatic carbocycles. The van der Waals surface area contributed by atoms with Crippen molar-refractivity contribution < 1.29 is 26.7 Å². The van der Waals surface area contributed by atoms with E-state index in [1.807, 2.05) is 0 Å². The van der Waals surface area contributed by atoms with Gasteiger partial charge in [-0.25, -0.2) is 22.0 Å². The molecule has 0 bridgehead atoms. The molecule has 1 N–H and O–H groups in total. The third-order valence-electron chi connectivity index (χ3n) is 2.94. The molecule has 0 aliphatic rings. The van der Waals surface area contributed by atoms with Gasteiger partial charge in [-0.15, -0.1) is 11.3 Å². The molecule has 132 valence electrons. The Morgan fingerprint density at radius 1 is 1.32 bits per heavy atom. The standard InChI is InChI=1S/C14H8F5N3O2S/c15-8-2-7(4-22(14(8)24)5-10(16)17)21-13(23)9-1-6(3-20)11(25-9)12(18)19/h1-2,4,10,12H,5H2,(H,21,23). The van der Waals surface area contributed by atoms with Gasteiger partial charge in [0.25, 0.3) is 24.3 Å². The number of anilines is 1. The summed E-state index contributed by atoms with van der Waals surface area (Å²) in [5.74, 6) is -2.31. The minimum absolute atomic E-state index is 0.251. The molecule has 11 heteroatoms. The van der Waals surface area contributed by atoms with Crippen LogP contribution < -0.4 is 10.9 Å². The SMILES string of the molecule is N#Cc1cc(C(=O)Nc2cc(F)c(=O)n(CC(F)F)c2)sc1C(F)F. The Morgan fingerprint density at radius 3 is 2.52 bits per heavy atom. The Labute approximate surface area is 140 Å². The highest BCUT2D eigenvalue weighted by atomic mass is 32.1. The van der Waals surface area contributed by atoms with Crippen LogP contribution in [0.15, 0.2) is 23.1 Å². The van der Waals surface area contributed by atoms with Crippen molar-refractivity contribution in [3.8, 4) is 6.07 Å². The van der Waals surface area contributed by atoms with Gasteiger partial charge in [0.1, 0.15) is 6.07 Å². The molecule has 2 heterocycles. The van der Waals surface area contributed by atoms with E-state index >= 15 is 0 Å². The van der Waals surface area contributed by atoms with Gasteiger partial charge in [-0.2, -0.15) is 5.26 Å². The van der Waals surface area contributed by atoms with Crippen LogP contribution >= 0.6 is 11.3 Å². The predicted octanol–water partition coefficient (Wildman–Crippen LogP) is 3.38. The number of alkyl halides is 4. The lowest BCUT2D eigenvalue weighted by molar-refractivity contribution is 0.103. The Balaban J connectivity index is 2.31. The monoisotopic (exact) mass is 377 g/mol. The van der Waals surface area contributed by atoms with Gasteiger partial charge in [0.2, 0.25) is 0 Å². The number of hydrogen-bond acceptors (Lipinski definition) is 4. The number of aromatic nitrogens is 1. The first-order valence-electron chi connectivity index (χ1n) is 6.54. The van der Waals surface area contributed by atoms with Crippen molar-refractivity contribution in [1.29, 1.82) is 5.26 Å². The van der Waals surface area contributed by atoms with Crippen LogP contribution in [-0.2, 0) is 6.54 Å². The maximum atomic E-state index is 13.5. The molecule has 5 nitrogen and oxygen atoms in total. The normalized spacial score (nSPS) is 11.0. The minimum atomic E-state index is -2.95. The molecule has 1 amide bonds. The Bertz CT molecular complexity index is 901. The number of rotatable bonds is 5. The number of nitrogens with zero attached hydrogens (tertiary/aromatic N) is 2. The lowest BCUT2D eigenvalue weighted by Gasteiger charge is -2.09. The van der Waals surface area contributed by atoms with Gasteiger partial charge in [-0.05, 0) is 6.07 Å². The van der Waals surface area contributed by atoms with E-state index in [0.717, 1.165) is 12.3 Å². The lowest BCUT2D eigenvalue weighted by atomic mass is 10.2. The summed E-state index contributed by atoms with van der Waals surface area (Å²) in [4.78, 5) is 22.6. The maximum absolute atomic E-state index is 13.5. The molecule has 0 spiro atoms. The van der Waals surface area contributed by atoms with Crippen molar-refractivity contribution in [3.05, 3.63) is 49.8 Å². The number of halogens is 5. The van der Waals surface area contributed by atoms with E-state index in [1.54, 1.807) is 0 Å². The summed E-state index contributed by atoms with van der Waals surface area (Å²) in [6.07, 6.45) is -5.07. The highest BCUT2D eigenvalue weighted by Gasteiger charge is 2.21. The summed E-state index contributed by atoms with van der Waals surface area (Å²) >= 11 is 0.375. The van der Waals surface area contributed by atoms with E-state index in [4.69, 9.17) is 5.26 Å². The minimum Gasteiger partial charge on any atom is -0.320 e. The number of nitrogens with one attached hydrogen (secondary N) is 1. The number of nitriles is 1. The number of hydrogen-bond donors (Lipinski definition) is 1. The van der Waals surface area contributed by atoms with Gasteiger partial charge < -0.3 is 9.88 Å². The molecule has 0 fully saturated rings. The molecule has 0 atom stereocenters. The van der Waals surface area contributed by atoms with Gasteiger partial charge >= 0.3 is 0 Å². The topological polar surface area (TPSA) is 74.9 Å². The summed E-state index contributed by atoms with van der Waals surface area (Å²) in [6, 6.07) is 3.08. The van der Waals surface area contributed by atoms with Gasteiger partial charge in [0, 0.05) is 12.3 Å². The summed E-state index contributed by atoms with van der Waals surface area (Å²) < 4.78 is 64.2. The molecule has 0 aromatic carbocycles. The fraction of sp³-hybridized carbons (Fsp3) is 0.214. The van der Waals surface area contributed by atoms with E-state index in [9.17, 15) is 31.5 Å². The number of carbonyl (C=O) groups is 1. The number of thiophene rings is 1. The van der Waals surface area contributed by atoms with Crippen molar-refractivity contribution in [2.45, 2.75) is 19.4 Å². The molecule has 2 rings (SSSR count). The average Bonchev–Trinajstić information content (AvgIpc) is 2.96. The van der Waals surface area contributed by atoms with Crippen molar-refractivity contribution in [2.24, 2.45) is 0 Å². The fourth-order valence-corrected chi connectivity index (χ4v) is 2.77. The van der Waals surface area contributed by atoms with Crippen LogP contribution in [0, 0.1) is 17.1 Å². The van der Waals surface area contributed by atoms with Crippen LogP contribution in [0.25, 0.3) is 0 Å². The highest BCUT2D eigenvalue weighted by Crippen LogP contribution is 2.31. The molecule has 0 aliphatic heterocycles. The highest BCUT2D eigenvalue weighted by molar-refractivity contribution is 7.14. The Kier molecular flexibility index (Phi) is 5.53. The summed E-state index contributed by atoms with van der Waals surface area (Å²) in [7, 11) is 0. The molecule has 0 radical (unpaired) electrons. The van der Waals surface area contributed by atoms with E-state index < -0.39 is 41.6 Å². The molecular formula is C14H8F5N3O2S. The van der Waals surface area contributed by atoms with E-state index in [1.165, 1.54) is 6.07 Å². The third kappa shape index (κ3) is 4.21. The zero-order valence-electron chi connectivity index (χ0n) is 12.1. The third-order valence-corrected chi connectivity index (χ3v) is 4.08. The molecule has 0 saturated heterocycles. The maximum Gasteiger partial charge on any atom is 0.286 e. The zero-order chi connectivity index (χ0) is 18.7. The van der Waals surface area contributed by atoms with Crippen LogP contribution in [0.4, 0.5) is 27.6 Å². The van der Waals surface area contributed by atoms with Gasteiger partial charge in [-0.1, -0.05) is 0 Å². The molecular weight excluding hydrogens is 369 g/mol. The van der Waals surface area contributed by atoms with Crippen molar-refractivity contribution in [1.82, 2.24) is 4.57 Å². The summed E-state index contributed by atoms with van der Waals surface area (Å²) in [6.45, 7) is -1.08. The second-order valence-corrected chi connectivity index (χ2v) is 5.76. The van der Waals surface area contributed by atoms with Crippen LogP contribution in [0.3, 0.4) is 0 Å². The Morgan fingerprint density at radius 2 is 2.00 bits per heavy atom. The fourth-order valence-electron chi connectivity index (χ4n) is 1.91. The number of pyridine rings is 1. The summed E-state index contributed by atoms with van der Waals surface area (Å²) in [5.41, 5.74) is -1.98. The molecule has 0 saturated carbocycles. The van der Waals surface area contributed by atoms with Gasteiger partial charge in [-0.3, -0.25) is 9.59 Å². The predicted molar refractivity (Wildman–Crippen MR) is 78.6 cm³/mol. The van der Waals surface area contributed by atoms with Crippen molar-refractivity contribution >= 4 is 22.9 Å². The average molecular weight is 377 g/mol. The Hall–Kier alpha value is -2.74.